The molecule has 4 heterocycles. The first-order valence-electron chi connectivity index (χ1n) is 11.5. The number of carbonyl (C=O) groups excluding carboxylic acids is 1. The average Bonchev–Trinajstić information content (AvgIpc) is 3.58. The first kappa shape index (κ1) is 23.6. The van der Waals surface area contributed by atoms with E-state index in [9.17, 15) is 9.18 Å². The van der Waals surface area contributed by atoms with Crippen molar-refractivity contribution in [3.8, 4) is 0 Å². The van der Waals surface area contributed by atoms with Crippen LogP contribution in [0, 0.1) is 19.7 Å². The van der Waals surface area contributed by atoms with Gasteiger partial charge in [-0.2, -0.15) is 0 Å². The summed E-state index contributed by atoms with van der Waals surface area (Å²) >= 11 is 5.73. The fourth-order valence-electron chi connectivity index (χ4n) is 4.69. The Morgan fingerprint density at radius 2 is 1.89 bits per heavy atom. The molecule has 0 unspecified atom stereocenters. The minimum Gasteiger partial charge on any atom is -0.352 e. The number of carbonyl (C=O) groups is 1. The Balaban J connectivity index is 1.44. The second-order valence-corrected chi connectivity index (χ2v) is 8.99. The number of aryl methyl sites for hydroxylation is 1. The molecule has 1 aliphatic heterocycles. The first-order valence-corrected chi connectivity index (χ1v) is 11.9. The molecule has 5 rings (SSSR count). The van der Waals surface area contributed by atoms with Crippen molar-refractivity contribution >= 4 is 28.9 Å². The van der Waals surface area contributed by atoms with Crippen LogP contribution in [-0.4, -0.2) is 47.0 Å². The van der Waals surface area contributed by atoms with Gasteiger partial charge in [0.1, 0.15) is 18.5 Å². The zero-order chi connectivity index (χ0) is 25.2. The lowest BCUT2D eigenvalue weighted by molar-refractivity contribution is -0.116. The van der Waals surface area contributed by atoms with Crippen LogP contribution in [0.2, 0.25) is 0 Å². The lowest BCUT2D eigenvalue weighted by Crippen LogP contribution is -2.33. The molecule has 1 amide bonds. The molecule has 1 aliphatic rings. The summed E-state index contributed by atoms with van der Waals surface area (Å²) in [7, 11) is 0. The van der Waals surface area contributed by atoms with Crippen LogP contribution in [0.1, 0.15) is 41.1 Å². The smallest absolute Gasteiger partial charge is 0.226 e. The fraction of sp³-hybridized carbons (Fsp3) is 0.240. The minimum atomic E-state index is -0.353. The van der Waals surface area contributed by atoms with Gasteiger partial charge in [-0.05, 0) is 68.5 Å². The summed E-state index contributed by atoms with van der Waals surface area (Å²) in [6.45, 7) is 4.45. The molecule has 0 bridgehead atoms. The van der Waals surface area contributed by atoms with Crippen LogP contribution < -0.4 is 10.6 Å². The number of nitrogens with zero attached hydrogens (tertiary/aromatic N) is 6. The molecule has 0 spiro atoms. The van der Waals surface area contributed by atoms with E-state index in [1.54, 1.807) is 18.9 Å². The van der Waals surface area contributed by atoms with Crippen molar-refractivity contribution in [2.45, 2.75) is 32.4 Å². The Morgan fingerprint density at radius 3 is 2.58 bits per heavy atom. The van der Waals surface area contributed by atoms with Crippen LogP contribution in [0.5, 0.6) is 0 Å². The summed E-state index contributed by atoms with van der Waals surface area (Å²) in [5.41, 5.74) is 4.48. The molecule has 36 heavy (non-hydrogen) atoms. The fourth-order valence-corrected chi connectivity index (χ4v) is 5.03. The van der Waals surface area contributed by atoms with Crippen LogP contribution in [0.15, 0.2) is 67.4 Å². The maximum absolute atomic E-state index is 13.2. The van der Waals surface area contributed by atoms with Crippen LogP contribution in [0.3, 0.4) is 0 Å². The summed E-state index contributed by atoms with van der Waals surface area (Å²) in [6.07, 6.45) is 5.26. The number of rotatable bonds is 7. The van der Waals surface area contributed by atoms with Crippen molar-refractivity contribution in [1.82, 2.24) is 34.8 Å². The van der Waals surface area contributed by atoms with E-state index in [1.807, 2.05) is 46.3 Å². The van der Waals surface area contributed by atoms with Crippen LogP contribution in [-0.2, 0) is 4.79 Å². The third-order valence-electron chi connectivity index (χ3n) is 6.30. The minimum absolute atomic E-state index is 0.181. The van der Waals surface area contributed by atoms with Gasteiger partial charge in [0.25, 0.3) is 0 Å². The molecule has 4 aromatic rings. The largest absolute Gasteiger partial charge is 0.352 e. The highest BCUT2D eigenvalue weighted by Crippen LogP contribution is 2.40. The van der Waals surface area contributed by atoms with Gasteiger partial charge in [0, 0.05) is 41.8 Å². The molecule has 11 heteroatoms. The van der Waals surface area contributed by atoms with Crippen LogP contribution in [0.4, 0.5) is 10.1 Å². The number of thiocarbonyl (C=S) groups is 1. The van der Waals surface area contributed by atoms with Gasteiger partial charge in [-0.15, -0.1) is 10.2 Å². The molecule has 3 aromatic heterocycles. The maximum atomic E-state index is 13.2. The number of nitrogens with one attached hydrogen (secondary N) is 2. The lowest BCUT2D eigenvalue weighted by Gasteiger charge is -2.28. The SMILES string of the molecule is Cc1cc([C@H]2[C@H](c3ccccn3)NC(=S)N2CCC(=O)Nc2ccc(F)cc2)c(C)n1-n1cnnc1. The standard InChI is InChI=1S/C25H25FN8OS/c1-16-13-20(17(2)34(16)32-14-28-29-15-32)24-23(21-5-3-4-11-27-21)31-25(36)33(24)12-10-22(35)30-19-8-6-18(26)7-9-19/h3-9,11,13-15,23-24H,10,12H2,1-2H3,(H,30,35)(H,31,36)/t23-,24-/m0/s1. The predicted molar refractivity (Wildman–Crippen MR) is 137 cm³/mol. The summed E-state index contributed by atoms with van der Waals surface area (Å²) in [4.78, 5) is 19.3. The van der Waals surface area contributed by atoms with Crippen molar-refractivity contribution in [1.29, 1.82) is 0 Å². The third-order valence-corrected chi connectivity index (χ3v) is 6.65. The third kappa shape index (κ3) is 4.57. The number of pyridine rings is 1. The van der Waals surface area contributed by atoms with Gasteiger partial charge in [0.15, 0.2) is 5.11 Å². The number of amides is 1. The second-order valence-electron chi connectivity index (χ2n) is 8.61. The first-order chi connectivity index (χ1) is 17.4. The molecule has 0 aliphatic carbocycles. The van der Waals surface area contributed by atoms with Crippen molar-refractivity contribution in [3.05, 3.63) is 95.8 Å². The molecular formula is C25H25FN8OS. The van der Waals surface area contributed by atoms with E-state index in [0.29, 0.717) is 17.3 Å². The highest BCUT2D eigenvalue weighted by atomic mass is 32.1. The monoisotopic (exact) mass is 504 g/mol. The van der Waals surface area contributed by atoms with E-state index in [2.05, 4.69) is 31.9 Å². The maximum Gasteiger partial charge on any atom is 0.226 e. The molecule has 2 atom stereocenters. The predicted octanol–water partition coefficient (Wildman–Crippen LogP) is 3.54. The molecule has 9 nitrogen and oxygen atoms in total. The normalized spacial score (nSPS) is 17.3. The Hall–Kier alpha value is -4.12. The molecular weight excluding hydrogens is 479 g/mol. The zero-order valence-corrected chi connectivity index (χ0v) is 20.6. The Morgan fingerprint density at radius 1 is 1.14 bits per heavy atom. The second kappa shape index (κ2) is 9.86. The number of anilines is 1. The van der Waals surface area contributed by atoms with Crippen molar-refractivity contribution in [2.24, 2.45) is 0 Å². The van der Waals surface area contributed by atoms with E-state index in [0.717, 1.165) is 22.6 Å². The molecule has 1 saturated heterocycles. The van der Waals surface area contributed by atoms with Gasteiger partial charge >= 0.3 is 0 Å². The van der Waals surface area contributed by atoms with Gasteiger partial charge in [0.2, 0.25) is 5.91 Å². The van der Waals surface area contributed by atoms with E-state index in [-0.39, 0.29) is 30.2 Å². The Bertz CT molecular complexity index is 1370. The number of hydrogen-bond donors (Lipinski definition) is 2. The number of halogens is 1. The van der Waals surface area contributed by atoms with Gasteiger partial charge in [0.05, 0.1) is 17.8 Å². The topological polar surface area (TPSA) is 92.9 Å². The number of hydrogen-bond acceptors (Lipinski definition) is 5. The van der Waals surface area contributed by atoms with E-state index in [1.165, 1.54) is 24.3 Å². The summed E-state index contributed by atoms with van der Waals surface area (Å²) in [6, 6.07) is 13.2. The Kier molecular flexibility index (Phi) is 6.47. The zero-order valence-electron chi connectivity index (χ0n) is 19.8. The lowest BCUT2D eigenvalue weighted by atomic mass is 9.96. The molecule has 184 valence electrons. The molecule has 2 N–H and O–H groups in total. The number of benzene rings is 1. The summed E-state index contributed by atoms with van der Waals surface area (Å²) in [5, 5.41) is 14.7. The van der Waals surface area contributed by atoms with Crippen LogP contribution in [0.25, 0.3) is 0 Å². The molecule has 0 radical (unpaired) electrons. The van der Waals surface area contributed by atoms with Crippen molar-refractivity contribution in [3.63, 3.8) is 0 Å². The van der Waals surface area contributed by atoms with Gasteiger partial charge in [-0.25, -0.2) is 9.07 Å². The average molecular weight is 505 g/mol. The van der Waals surface area contributed by atoms with Crippen molar-refractivity contribution < 1.29 is 9.18 Å². The summed E-state index contributed by atoms with van der Waals surface area (Å²) in [5.74, 6) is -0.534. The van der Waals surface area contributed by atoms with Gasteiger partial charge in [-0.3, -0.25) is 14.5 Å². The quantitative estimate of drug-likeness (QED) is 0.372. The van der Waals surface area contributed by atoms with E-state index >= 15 is 0 Å². The van der Waals surface area contributed by atoms with E-state index in [4.69, 9.17) is 12.2 Å². The van der Waals surface area contributed by atoms with E-state index < -0.39 is 0 Å². The highest BCUT2D eigenvalue weighted by molar-refractivity contribution is 7.80. The molecule has 1 fully saturated rings. The van der Waals surface area contributed by atoms with Crippen LogP contribution >= 0.6 is 12.2 Å². The molecule has 1 aromatic carbocycles. The van der Waals surface area contributed by atoms with Crippen molar-refractivity contribution in [2.75, 3.05) is 11.9 Å². The van der Waals surface area contributed by atoms with Gasteiger partial charge in [-0.1, -0.05) is 6.07 Å². The summed E-state index contributed by atoms with van der Waals surface area (Å²) < 4.78 is 17.1. The Labute approximate surface area is 212 Å². The highest BCUT2D eigenvalue weighted by Gasteiger charge is 2.41. The van der Waals surface area contributed by atoms with Gasteiger partial charge < -0.3 is 15.5 Å². The number of aromatic nitrogens is 5. The molecule has 0 saturated carbocycles.